The van der Waals surface area contributed by atoms with E-state index in [1.165, 1.54) is 0 Å². The summed E-state index contributed by atoms with van der Waals surface area (Å²) in [6.07, 6.45) is 2.03. The molecule has 9 heavy (non-hydrogen) atoms. The SMILES string of the molecule is CC(C)S(=N)(=O)C1CC1. The second-order valence-electron chi connectivity index (χ2n) is 2.90. The standard InChI is InChI=1S/C6H13NOS/c1-5(2)9(7,8)6-3-4-6/h5-7H,3-4H2,1-2H3. The molecule has 0 saturated heterocycles. The van der Waals surface area contributed by atoms with Crippen molar-refractivity contribution in [1.82, 2.24) is 0 Å². The number of hydrogen-bond donors (Lipinski definition) is 1. The molecule has 3 heteroatoms. The molecular formula is C6H13NOS. The monoisotopic (exact) mass is 147 g/mol. The fraction of sp³-hybridized carbons (Fsp3) is 1.00. The van der Waals surface area contributed by atoms with Crippen molar-refractivity contribution in [2.75, 3.05) is 0 Å². The number of rotatable bonds is 2. The first-order valence-electron chi connectivity index (χ1n) is 3.31. The predicted molar refractivity (Wildman–Crippen MR) is 39.0 cm³/mol. The van der Waals surface area contributed by atoms with Crippen molar-refractivity contribution < 1.29 is 4.21 Å². The molecule has 0 aromatic carbocycles. The zero-order chi connectivity index (χ0) is 7.07. The van der Waals surface area contributed by atoms with Crippen molar-refractivity contribution in [3.8, 4) is 0 Å². The van der Waals surface area contributed by atoms with Gasteiger partial charge < -0.3 is 0 Å². The van der Waals surface area contributed by atoms with E-state index in [9.17, 15) is 4.21 Å². The van der Waals surface area contributed by atoms with E-state index >= 15 is 0 Å². The zero-order valence-electron chi connectivity index (χ0n) is 5.89. The average molecular weight is 147 g/mol. The van der Waals surface area contributed by atoms with Gasteiger partial charge in [0.2, 0.25) is 0 Å². The van der Waals surface area contributed by atoms with Crippen LogP contribution in [0, 0.1) is 4.78 Å². The van der Waals surface area contributed by atoms with Crippen molar-refractivity contribution in [2.45, 2.75) is 37.2 Å². The van der Waals surface area contributed by atoms with Crippen LogP contribution in [0.3, 0.4) is 0 Å². The Labute approximate surface area is 56.6 Å². The molecular weight excluding hydrogens is 134 g/mol. The van der Waals surface area contributed by atoms with Gasteiger partial charge in [-0.15, -0.1) is 0 Å². The molecule has 1 aliphatic rings. The molecule has 0 spiro atoms. The maximum Gasteiger partial charge on any atom is 0.0494 e. The van der Waals surface area contributed by atoms with Gasteiger partial charge in [0.05, 0.1) is 0 Å². The predicted octanol–water partition coefficient (Wildman–Crippen LogP) is 1.60. The van der Waals surface area contributed by atoms with Gasteiger partial charge in [0.15, 0.2) is 0 Å². The lowest BCUT2D eigenvalue weighted by Crippen LogP contribution is -2.16. The van der Waals surface area contributed by atoms with Crippen molar-refractivity contribution in [2.24, 2.45) is 0 Å². The number of hydrogen-bond acceptors (Lipinski definition) is 2. The molecule has 1 aliphatic carbocycles. The summed E-state index contributed by atoms with van der Waals surface area (Å²) in [5, 5.41) is 0.280. The highest BCUT2D eigenvalue weighted by molar-refractivity contribution is 7.93. The molecule has 1 saturated carbocycles. The molecule has 54 valence electrons. The van der Waals surface area contributed by atoms with Gasteiger partial charge in [0.25, 0.3) is 0 Å². The minimum Gasteiger partial charge on any atom is -0.252 e. The van der Waals surface area contributed by atoms with E-state index < -0.39 is 9.73 Å². The van der Waals surface area contributed by atoms with E-state index in [-0.39, 0.29) is 10.5 Å². The van der Waals surface area contributed by atoms with Crippen molar-refractivity contribution in [3.05, 3.63) is 0 Å². The van der Waals surface area contributed by atoms with Crippen LogP contribution in [-0.4, -0.2) is 14.7 Å². The van der Waals surface area contributed by atoms with E-state index in [0.29, 0.717) is 0 Å². The van der Waals surface area contributed by atoms with Crippen LogP contribution in [-0.2, 0) is 9.73 Å². The maximum absolute atomic E-state index is 11.3. The summed E-state index contributed by atoms with van der Waals surface area (Å²) in [5.74, 6) is 0. The minimum absolute atomic E-state index is 0.0463. The molecule has 1 atom stereocenters. The van der Waals surface area contributed by atoms with Gasteiger partial charge in [0.1, 0.15) is 0 Å². The molecule has 0 radical (unpaired) electrons. The van der Waals surface area contributed by atoms with Crippen LogP contribution in [0.4, 0.5) is 0 Å². The molecule has 0 amide bonds. The Morgan fingerprint density at radius 1 is 1.56 bits per heavy atom. The molecule has 1 N–H and O–H groups in total. The van der Waals surface area contributed by atoms with E-state index in [4.69, 9.17) is 4.78 Å². The van der Waals surface area contributed by atoms with Gasteiger partial charge in [-0.05, 0) is 12.8 Å². The highest BCUT2D eigenvalue weighted by atomic mass is 32.2. The van der Waals surface area contributed by atoms with Crippen LogP contribution in [0.25, 0.3) is 0 Å². The minimum atomic E-state index is -2.20. The smallest absolute Gasteiger partial charge is 0.0494 e. The van der Waals surface area contributed by atoms with E-state index in [1.807, 2.05) is 13.8 Å². The van der Waals surface area contributed by atoms with Gasteiger partial charge >= 0.3 is 0 Å². The van der Waals surface area contributed by atoms with Crippen molar-refractivity contribution in [1.29, 1.82) is 4.78 Å². The van der Waals surface area contributed by atoms with Crippen molar-refractivity contribution >= 4 is 9.73 Å². The van der Waals surface area contributed by atoms with E-state index in [1.54, 1.807) is 0 Å². The molecule has 0 aromatic rings. The Morgan fingerprint density at radius 2 is 2.00 bits per heavy atom. The quantitative estimate of drug-likeness (QED) is 0.633. The molecule has 0 bridgehead atoms. The lowest BCUT2D eigenvalue weighted by molar-refractivity contribution is 0.666. The first-order chi connectivity index (χ1) is 4.05. The first kappa shape index (κ1) is 7.06. The van der Waals surface area contributed by atoms with E-state index in [2.05, 4.69) is 0 Å². The summed E-state index contributed by atoms with van der Waals surface area (Å²) in [4.78, 5) is 0. The molecule has 0 heterocycles. The highest BCUT2D eigenvalue weighted by Gasteiger charge is 2.34. The Hall–Kier alpha value is -0.0500. The van der Waals surface area contributed by atoms with Gasteiger partial charge in [-0.25, -0.2) is 4.21 Å². The largest absolute Gasteiger partial charge is 0.252 e. The summed E-state index contributed by atoms with van der Waals surface area (Å²) in [6, 6.07) is 0. The summed E-state index contributed by atoms with van der Waals surface area (Å²) in [5.41, 5.74) is 0. The maximum atomic E-state index is 11.3. The lowest BCUT2D eigenvalue weighted by Gasteiger charge is -2.07. The summed E-state index contributed by atoms with van der Waals surface area (Å²) >= 11 is 0. The van der Waals surface area contributed by atoms with Gasteiger partial charge in [-0.1, -0.05) is 13.8 Å². The fourth-order valence-electron chi connectivity index (χ4n) is 0.803. The molecule has 1 rings (SSSR count). The molecule has 1 fully saturated rings. The Morgan fingerprint density at radius 3 is 2.11 bits per heavy atom. The third kappa shape index (κ3) is 1.26. The van der Waals surface area contributed by atoms with Gasteiger partial charge in [0, 0.05) is 20.2 Å². The number of nitrogens with one attached hydrogen (secondary N) is 1. The molecule has 1 unspecified atom stereocenters. The fourth-order valence-corrected chi connectivity index (χ4v) is 2.41. The van der Waals surface area contributed by atoms with Crippen LogP contribution < -0.4 is 0 Å². The van der Waals surface area contributed by atoms with E-state index in [0.717, 1.165) is 12.8 Å². The zero-order valence-corrected chi connectivity index (χ0v) is 6.70. The van der Waals surface area contributed by atoms with Crippen LogP contribution in [0.2, 0.25) is 0 Å². The summed E-state index contributed by atoms with van der Waals surface area (Å²) in [6.45, 7) is 3.74. The third-order valence-electron chi connectivity index (χ3n) is 1.72. The van der Waals surface area contributed by atoms with Crippen LogP contribution >= 0.6 is 0 Å². The normalized spacial score (nSPS) is 26.1. The highest BCUT2D eigenvalue weighted by Crippen LogP contribution is 2.31. The van der Waals surface area contributed by atoms with Gasteiger partial charge in [-0.3, -0.25) is 4.78 Å². The first-order valence-corrected chi connectivity index (χ1v) is 5.00. The van der Waals surface area contributed by atoms with Crippen LogP contribution in [0.5, 0.6) is 0 Å². The van der Waals surface area contributed by atoms with Crippen LogP contribution in [0.15, 0.2) is 0 Å². The molecule has 0 aromatic heterocycles. The molecule has 2 nitrogen and oxygen atoms in total. The lowest BCUT2D eigenvalue weighted by atomic mass is 10.6. The average Bonchev–Trinajstić information content (AvgIpc) is 2.42. The topological polar surface area (TPSA) is 40.9 Å². The summed E-state index contributed by atoms with van der Waals surface area (Å²) < 4.78 is 18.7. The van der Waals surface area contributed by atoms with Crippen molar-refractivity contribution in [3.63, 3.8) is 0 Å². The Kier molecular flexibility index (Phi) is 1.55. The Balaban J connectivity index is 2.73. The van der Waals surface area contributed by atoms with Crippen LogP contribution in [0.1, 0.15) is 26.7 Å². The second kappa shape index (κ2) is 1.97. The molecule has 0 aliphatic heterocycles. The van der Waals surface area contributed by atoms with Gasteiger partial charge in [-0.2, -0.15) is 0 Å². The Bertz CT molecular complexity index is 181. The second-order valence-corrected chi connectivity index (χ2v) is 5.80. The summed E-state index contributed by atoms with van der Waals surface area (Å²) in [7, 11) is -2.20. The third-order valence-corrected chi connectivity index (χ3v) is 4.58.